The summed E-state index contributed by atoms with van der Waals surface area (Å²) in [5.41, 5.74) is 8.25. The van der Waals surface area contributed by atoms with E-state index in [1.54, 1.807) is 6.07 Å². The highest BCUT2D eigenvalue weighted by Crippen LogP contribution is 2.35. The molecule has 5 aromatic carbocycles. The second kappa shape index (κ2) is 8.34. The molecule has 0 fully saturated rings. The van der Waals surface area contributed by atoms with Gasteiger partial charge < -0.3 is 14.6 Å². The van der Waals surface area contributed by atoms with Gasteiger partial charge in [0.15, 0.2) is 0 Å². The molecule has 0 atom stereocenters. The maximum Gasteiger partial charge on any atom is 0.488 e. The first-order valence-electron chi connectivity index (χ1n) is 11.3. The largest absolute Gasteiger partial charge is 0.488 e. The summed E-state index contributed by atoms with van der Waals surface area (Å²) in [5, 5.41) is 21.6. The van der Waals surface area contributed by atoms with Crippen molar-refractivity contribution in [2.24, 2.45) is 0 Å². The molecule has 0 aliphatic heterocycles. The van der Waals surface area contributed by atoms with Gasteiger partial charge in [0.25, 0.3) is 0 Å². The van der Waals surface area contributed by atoms with Crippen LogP contribution >= 0.6 is 0 Å². The average molecular weight is 439 g/mol. The first kappa shape index (κ1) is 20.5. The smallest absolute Gasteiger partial charge is 0.423 e. The lowest BCUT2D eigenvalue weighted by molar-refractivity contribution is 0.426. The molecule has 0 saturated heterocycles. The molecular weight excluding hydrogens is 417 g/mol. The van der Waals surface area contributed by atoms with Gasteiger partial charge in [0.1, 0.15) is 0 Å². The van der Waals surface area contributed by atoms with Gasteiger partial charge >= 0.3 is 7.12 Å². The molecule has 1 aromatic heterocycles. The maximum atomic E-state index is 9.75. The summed E-state index contributed by atoms with van der Waals surface area (Å²) in [7, 11) is -1.50. The second-order valence-corrected chi connectivity index (χ2v) is 8.50. The van der Waals surface area contributed by atoms with E-state index in [1.165, 1.54) is 0 Å². The van der Waals surface area contributed by atoms with E-state index in [1.807, 2.05) is 36.4 Å². The van der Waals surface area contributed by atoms with Crippen LogP contribution in [-0.4, -0.2) is 21.7 Å². The van der Waals surface area contributed by atoms with Crippen LogP contribution in [0.4, 0.5) is 0 Å². The summed E-state index contributed by atoms with van der Waals surface area (Å²) < 4.78 is 2.26. The fraction of sp³-hybridized carbons (Fsp3) is 0. The van der Waals surface area contributed by atoms with Gasteiger partial charge in [0, 0.05) is 16.5 Å². The Morgan fingerprint density at radius 3 is 1.65 bits per heavy atom. The number of para-hydroxylation sites is 1. The van der Waals surface area contributed by atoms with Crippen molar-refractivity contribution in [1.29, 1.82) is 0 Å². The molecule has 0 aliphatic carbocycles. The number of benzene rings is 5. The fourth-order valence-corrected chi connectivity index (χ4v) is 4.76. The Kier molecular flexibility index (Phi) is 5.03. The lowest BCUT2D eigenvalue weighted by atomic mass is 9.80. The molecular formula is C30H22BNO2. The third-order valence-electron chi connectivity index (χ3n) is 6.38. The Balaban J connectivity index is 1.68. The maximum absolute atomic E-state index is 9.75. The molecule has 0 bridgehead atoms. The summed E-state index contributed by atoms with van der Waals surface area (Å²) in [6, 6.07) is 41.4. The standard InChI is InChI=1S/C30H22BNO2/c33-31(34)25-15-16-30-28(20-25)27-13-7-8-14-29(27)32(30)26-18-23(21-9-3-1-4-10-21)17-24(19-26)22-11-5-2-6-12-22/h1-20,33-34H. The minimum atomic E-state index is -1.50. The number of hydrogen-bond acceptors (Lipinski definition) is 2. The van der Waals surface area contributed by atoms with Crippen molar-refractivity contribution in [1.82, 2.24) is 4.57 Å². The van der Waals surface area contributed by atoms with E-state index in [2.05, 4.69) is 83.4 Å². The Bertz CT molecular complexity index is 1560. The van der Waals surface area contributed by atoms with Gasteiger partial charge in [0.05, 0.1) is 11.0 Å². The van der Waals surface area contributed by atoms with E-state index in [9.17, 15) is 10.0 Å². The van der Waals surface area contributed by atoms with Crippen LogP contribution in [0.5, 0.6) is 0 Å². The van der Waals surface area contributed by atoms with Crippen LogP contribution < -0.4 is 5.46 Å². The zero-order valence-corrected chi connectivity index (χ0v) is 18.5. The third-order valence-corrected chi connectivity index (χ3v) is 6.38. The van der Waals surface area contributed by atoms with E-state index in [-0.39, 0.29) is 0 Å². The molecule has 0 amide bonds. The van der Waals surface area contributed by atoms with E-state index < -0.39 is 7.12 Å². The second-order valence-electron chi connectivity index (χ2n) is 8.50. The van der Waals surface area contributed by atoms with Crippen LogP contribution in [0.1, 0.15) is 0 Å². The highest BCUT2D eigenvalue weighted by Gasteiger charge is 2.17. The minimum Gasteiger partial charge on any atom is -0.423 e. The molecule has 162 valence electrons. The van der Waals surface area contributed by atoms with Crippen LogP contribution in [0.3, 0.4) is 0 Å². The third kappa shape index (κ3) is 3.50. The number of rotatable bonds is 4. The molecule has 2 N–H and O–H groups in total. The minimum absolute atomic E-state index is 0.485. The summed E-state index contributed by atoms with van der Waals surface area (Å²) in [6.45, 7) is 0. The number of aromatic nitrogens is 1. The van der Waals surface area contributed by atoms with E-state index in [4.69, 9.17) is 0 Å². The molecule has 0 radical (unpaired) electrons. The summed E-state index contributed by atoms with van der Waals surface area (Å²) in [6.07, 6.45) is 0. The Hall–Kier alpha value is -4.12. The first-order chi connectivity index (χ1) is 16.7. The molecule has 1 heterocycles. The van der Waals surface area contributed by atoms with Crippen LogP contribution in [0.2, 0.25) is 0 Å². The molecule has 0 unspecified atom stereocenters. The number of hydrogen-bond donors (Lipinski definition) is 2. The van der Waals surface area contributed by atoms with Gasteiger partial charge in [-0.15, -0.1) is 0 Å². The predicted octanol–water partition coefficient (Wildman–Crippen LogP) is 5.80. The summed E-state index contributed by atoms with van der Waals surface area (Å²) in [5.74, 6) is 0. The number of fused-ring (bicyclic) bond motifs is 3. The molecule has 3 nitrogen and oxygen atoms in total. The average Bonchev–Trinajstić information content (AvgIpc) is 3.23. The van der Waals surface area contributed by atoms with Crippen LogP contribution in [0.15, 0.2) is 121 Å². The molecule has 0 saturated carbocycles. The SMILES string of the molecule is OB(O)c1ccc2c(c1)c1ccccc1n2-c1cc(-c2ccccc2)cc(-c2ccccc2)c1. The van der Waals surface area contributed by atoms with Crippen molar-refractivity contribution in [3.8, 4) is 27.9 Å². The topological polar surface area (TPSA) is 45.4 Å². The van der Waals surface area contributed by atoms with Crippen LogP contribution in [0.25, 0.3) is 49.7 Å². The zero-order chi connectivity index (χ0) is 23.1. The zero-order valence-electron chi connectivity index (χ0n) is 18.5. The lowest BCUT2D eigenvalue weighted by Crippen LogP contribution is -2.29. The van der Waals surface area contributed by atoms with Crippen molar-refractivity contribution in [3.05, 3.63) is 121 Å². The van der Waals surface area contributed by atoms with Crippen molar-refractivity contribution >= 4 is 34.4 Å². The monoisotopic (exact) mass is 439 g/mol. The highest BCUT2D eigenvalue weighted by atomic mass is 16.4. The van der Waals surface area contributed by atoms with Crippen molar-refractivity contribution in [3.63, 3.8) is 0 Å². The highest BCUT2D eigenvalue weighted by molar-refractivity contribution is 6.59. The molecule has 6 aromatic rings. The number of nitrogens with zero attached hydrogens (tertiary/aromatic N) is 1. The molecule has 4 heteroatoms. The van der Waals surface area contributed by atoms with Crippen molar-refractivity contribution in [2.45, 2.75) is 0 Å². The van der Waals surface area contributed by atoms with Gasteiger partial charge in [-0.25, -0.2) is 0 Å². The molecule has 0 aliphatic rings. The van der Waals surface area contributed by atoms with Gasteiger partial charge in [-0.3, -0.25) is 0 Å². The quantitative estimate of drug-likeness (QED) is 0.341. The van der Waals surface area contributed by atoms with Gasteiger partial charge in [-0.2, -0.15) is 0 Å². The summed E-state index contributed by atoms with van der Waals surface area (Å²) >= 11 is 0. The normalized spacial score (nSPS) is 11.2. The first-order valence-corrected chi connectivity index (χ1v) is 11.3. The molecule has 34 heavy (non-hydrogen) atoms. The Morgan fingerprint density at radius 2 is 1.03 bits per heavy atom. The van der Waals surface area contributed by atoms with Gasteiger partial charge in [-0.05, 0) is 58.0 Å². The van der Waals surface area contributed by atoms with E-state index in [0.717, 1.165) is 49.7 Å². The molecule has 6 rings (SSSR count). The lowest BCUT2D eigenvalue weighted by Gasteiger charge is -2.14. The molecule has 0 spiro atoms. The Morgan fingerprint density at radius 1 is 0.471 bits per heavy atom. The van der Waals surface area contributed by atoms with Crippen molar-refractivity contribution < 1.29 is 10.0 Å². The Labute approximate surface area is 198 Å². The van der Waals surface area contributed by atoms with E-state index >= 15 is 0 Å². The van der Waals surface area contributed by atoms with Crippen LogP contribution in [0, 0.1) is 0 Å². The summed E-state index contributed by atoms with van der Waals surface area (Å²) in [4.78, 5) is 0. The van der Waals surface area contributed by atoms with Crippen molar-refractivity contribution in [2.75, 3.05) is 0 Å². The predicted molar refractivity (Wildman–Crippen MR) is 141 cm³/mol. The fourth-order valence-electron chi connectivity index (χ4n) is 4.76. The van der Waals surface area contributed by atoms with Gasteiger partial charge in [-0.1, -0.05) is 91.0 Å². The van der Waals surface area contributed by atoms with Crippen LogP contribution in [-0.2, 0) is 0 Å². The van der Waals surface area contributed by atoms with Gasteiger partial charge in [0.2, 0.25) is 0 Å². The van der Waals surface area contributed by atoms with E-state index in [0.29, 0.717) is 5.46 Å².